The first-order valence-corrected chi connectivity index (χ1v) is 10.7. The lowest BCUT2D eigenvalue weighted by Crippen LogP contribution is -2.31. The second-order valence-electron chi connectivity index (χ2n) is 8.32. The van der Waals surface area contributed by atoms with Crippen LogP contribution in [0.4, 0.5) is 29.2 Å². The van der Waals surface area contributed by atoms with Crippen LogP contribution in [0, 0.1) is 11.7 Å². The zero-order valence-corrected chi connectivity index (χ0v) is 17.1. The quantitative estimate of drug-likeness (QED) is 0.648. The van der Waals surface area contributed by atoms with Crippen molar-refractivity contribution in [3.63, 3.8) is 0 Å². The van der Waals surface area contributed by atoms with Gasteiger partial charge in [0, 0.05) is 19.0 Å². The lowest BCUT2D eigenvalue weighted by molar-refractivity contribution is -0.137. The van der Waals surface area contributed by atoms with Crippen LogP contribution >= 0.6 is 0 Å². The molecule has 3 unspecified atom stereocenters. The number of nitrogens with one attached hydrogen (secondary N) is 1. The van der Waals surface area contributed by atoms with Crippen LogP contribution in [0.25, 0.3) is 0 Å². The number of nitrogens with zero attached hydrogens (tertiary/aromatic N) is 3. The van der Waals surface area contributed by atoms with Crippen molar-refractivity contribution in [3.8, 4) is 0 Å². The summed E-state index contributed by atoms with van der Waals surface area (Å²) in [5.41, 5.74) is -0.00579. The maximum absolute atomic E-state index is 15.2. The molecule has 9 heteroatoms. The molecule has 168 valence electrons. The van der Waals surface area contributed by atoms with E-state index in [1.54, 1.807) is 4.90 Å². The van der Waals surface area contributed by atoms with E-state index < -0.39 is 23.7 Å². The lowest BCUT2D eigenvalue weighted by Gasteiger charge is -2.29. The van der Waals surface area contributed by atoms with Crippen LogP contribution in [-0.4, -0.2) is 34.3 Å². The van der Waals surface area contributed by atoms with Crippen molar-refractivity contribution in [2.45, 2.75) is 56.8 Å². The second kappa shape index (κ2) is 8.98. The van der Waals surface area contributed by atoms with E-state index in [2.05, 4.69) is 15.3 Å². The first-order valence-electron chi connectivity index (χ1n) is 10.7. The molecule has 0 bridgehead atoms. The fourth-order valence-electron chi connectivity index (χ4n) is 4.60. The average molecular weight is 438 g/mol. The predicted molar refractivity (Wildman–Crippen MR) is 109 cm³/mol. The number of halogens is 4. The number of aromatic nitrogens is 2. The molecule has 0 amide bonds. The first kappa shape index (κ1) is 21.8. The molecule has 31 heavy (non-hydrogen) atoms. The van der Waals surface area contributed by atoms with Gasteiger partial charge < -0.3 is 15.3 Å². The Hall–Kier alpha value is -2.42. The summed E-state index contributed by atoms with van der Waals surface area (Å²) in [7, 11) is 0. The third kappa shape index (κ3) is 4.76. The second-order valence-corrected chi connectivity index (χ2v) is 8.32. The molecule has 4 rings (SSSR count). The molecule has 1 aliphatic carbocycles. The highest BCUT2D eigenvalue weighted by molar-refractivity contribution is 5.53. The Balaban J connectivity index is 1.51. The van der Waals surface area contributed by atoms with Gasteiger partial charge in [0.15, 0.2) is 11.6 Å². The topological polar surface area (TPSA) is 61.3 Å². The van der Waals surface area contributed by atoms with Crippen molar-refractivity contribution in [2.24, 2.45) is 5.92 Å². The molecular formula is C22H26F4N4O. The number of aliphatic hydroxyl groups is 1. The molecule has 1 aromatic carbocycles. The Labute approximate surface area is 178 Å². The van der Waals surface area contributed by atoms with Crippen LogP contribution in [0.1, 0.15) is 55.7 Å². The molecule has 0 radical (unpaired) electrons. The zero-order valence-electron chi connectivity index (χ0n) is 17.1. The zero-order chi connectivity index (χ0) is 22.0. The van der Waals surface area contributed by atoms with E-state index in [4.69, 9.17) is 0 Å². The van der Waals surface area contributed by atoms with E-state index in [9.17, 15) is 18.3 Å². The van der Waals surface area contributed by atoms with Crippen molar-refractivity contribution in [1.29, 1.82) is 0 Å². The van der Waals surface area contributed by atoms with Gasteiger partial charge in [-0.1, -0.05) is 25.0 Å². The maximum atomic E-state index is 15.2. The highest BCUT2D eigenvalue weighted by atomic mass is 19.4. The molecule has 5 nitrogen and oxygen atoms in total. The first-order chi connectivity index (χ1) is 14.8. The van der Waals surface area contributed by atoms with Gasteiger partial charge in [-0.05, 0) is 43.4 Å². The van der Waals surface area contributed by atoms with E-state index in [1.165, 1.54) is 18.5 Å². The molecule has 2 aliphatic rings. The van der Waals surface area contributed by atoms with Crippen molar-refractivity contribution in [1.82, 2.24) is 9.97 Å². The Kier molecular flexibility index (Phi) is 6.31. The number of anilines is 2. The molecule has 1 saturated carbocycles. The fraction of sp³-hybridized carbons (Fsp3) is 0.545. The van der Waals surface area contributed by atoms with Crippen LogP contribution in [0.3, 0.4) is 0 Å². The number of aliphatic hydroxyl groups excluding tert-OH is 1. The van der Waals surface area contributed by atoms with Gasteiger partial charge in [0.05, 0.1) is 17.7 Å². The van der Waals surface area contributed by atoms with Gasteiger partial charge in [-0.3, -0.25) is 0 Å². The molecule has 2 N–H and O–H groups in total. The predicted octanol–water partition coefficient (Wildman–Crippen LogP) is 4.94. The number of hydrogen-bond acceptors (Lipinski definition) is 5. The number of alkyl halides is 3. The molecule has 2 aromatic rings. The Morgan fingerprint density at radius 1 is 1.03 bits per heavy atom. The van der Waals surface area contributed by atoms with Gasteiger partial charge in [-0.2, -0.15) is 17.6 Å². The molecular weight excluding hydrogens is 412 g/mol. The number of hydrogen-bond donors (Lipinski definition) is 2. The van der Waals surface area contributed by atoms with Crippen molar-refractivity contribution in [3.05, 3.63) is 47.5 Å². The molecule has 2 fully saturated rings. The SMILES string of the molecule is OC1CCCCC1CNc1ncnc(N2CCCC2c2ccc(C(F)(F)F)cc2)c1F. The van der Waals surface area contributed by atoms with Crippen LogP contribution in [0.2, 0.25) is 0 Å². The number of benzene rings is 1. The van der Waals surface area contributed by atoms with E-state index in [0.717, 1.165) is 44.2 Å². The summed E-state index contributed by atoms with van der Waals surface area (Å²) < 4.78 is 53.8. The highest BCUT2D eigenvalue weighted by Gasteiger charge is 2.33. The third-order valence-electron chi connectivity index (χ3n) is 6.32. The largest absolute Gasteiger partial charge is 0.416 e. The van der Waals surface area contributed by atoms with Crippen molar-refractivity contribution in [2.75, 3.05) is 23.3 Å². The van der Waals surface area contributed by atoms with Gasteiger partial charge >= 0.3 is 6.18 Å². The van der Waals surface area contributed by atoms with Gasteiger partial charge in [-0.25, -0.2) is 9.97 Å². The van der Waals surface area contributed by atoms with Crippen molar-refractivity contribution < 1.29 is 22.7 Å². The Bertz CT molecular complexity index is 890. The molecule has 2 heterocycles. The number of rotatable bonds is 5. The van der Waals surface area contributed by atoms with E-state index in [1.807, 2.05) is 0 Å². The molecule has 1 saturated heterocycles. The van der Waals surface area contributed by atoms with Crippen LogP contribution in [-0.2, 0) is 6.18 Å². The molecule has 1 aromatic heterocycles. The Morgan fingerprint density at radius 3 is 2.48 bits per heavy atom. The molecule has 1 aliphatic heterocycles. The van der Waals surface area contributed by atoms with Gasteiger partial charge in [-0.15, -0.1) is 0 Å². The summed E-state index contributed by atoms with van der Waals surface area (Å²) in [6.45, 7) is 0.983. The maximum Gasteiger partial charge on any atom is 0.416 e. The summed E-state index contributed by atoms with van der Waals surface area (Å²) in [6.07, 6.45) is 1.68. The lowest BCUT2D eigenvalue weighted by atomic mass is 9.86. The summed E-state index contributed by atoms with van der Waals surface area (Å²) in [5, 5.41) is 13.1. The van der Waals surface area contributed by atoms with E-state index in [-0.39, 0.29) is 23.6 Å². The van der Waals surface area contributed by atoms with Gasteiger partial charge in [0.2, 0.25) is 5.82 Å². The van der Waals surface area contributed by atoms with Crippen molar-refractivity contribution >= 4 is 11.6 Å². The monoisotopic (exact) mass is 438 g/mol. The van der Waals surface area contributed by atoms with Crippen LogP contribution < -0.4 is 10.2 Å². The summed E-state index contributed by atoms with van der Waals surface area (Å²) in [6, 6.07) is 4.78. The highest BCUT2D eigenvalue weighted by Crippen LogP contribution is 2.38. The minimum atomic E-state index is -4.39. The van der Waals surface area contributed by atoms with Gasteiger partial charge in [0.25, 0.3) is 0 Å². The van der Waals surface area contributed by atoms with Crippen LogP contribution in [0.15, 0.2) is 30.6 Å². The van der Waals surface area contributed by atoms with E-state index >= 15 is 4.39 Å². The average Bonchev–Trinajstić information content (AvgIpc) is 3.23. The Morgan fingerprint density at radius 2 is 1.77 bits per heavy atom. The van der Waals surface area contributed by atoms with E-state index in [0.29, 0.717) is 25.1 Å². The summed E-state index contributed by atoms with van der Waals surface area (Å²) in [4.78, 5) is 9.95. The fourth-order valence-corrected chi connectivity index (χ4v) is 4.60. The van der Waals surface area contributed by atoms with Crippen LogP contribution in [0.5, 0.6) is 0 Å². The van der Waals surface area contributed by atoms with Gasteiger partial charge in [0.1, 0.15) is 6.33 Å². The third-order valence-corrected chi connectivity index (χ3v) is 6.32. The minimum absolute atomic E-state index is 0.0539. The summed E-state index contributed by atoms with van der Waals surface area (Å²) >= 11 is 0. The molecule has 0 spiro atoms. The minimum Gasteiger partial charge on any atom is -0.393 e. The molecule has 3 atom stereocenters. The smallest absolute Gasteiger partial charge is 0.393 e. The standard InChI is InChI=1S/C22H26F4N4O/c23-19-20(27-12-15-4-1-2-6-18(15)31)28-13-29-21(19)30-11-3-5-17(30)14-7-9-16(10-8-14)22(24,25)26/h7-10,13,15,17-18,31H,1-6,11-12H2,(H,27,28,29). The summed E-state index contributed by atoms with van der Waals surface area (Å²) in [5.74, 6) is -0.296. The normalized spacial score (nSPS) is 24.4.